The van der Waals surface area contributed by atoms with Gasteiger partial charge in [-0.25, -0.2) is 9.97 Å². The summed E-state index contributed by atoms with van der Waals surface area (Å²) in [7, 11) is 1.85. The van der Waals surface area contributed by atoms with Crippen molar-refractivity contribution in [3.8, 4) is 17.3 Å². The van der Waals surface area contributed by atoms with Gasteiger partial charge < -0.3 is 5.32 Å². The minimum absolute atomic E-state index is 0.487. The van der Waals surface area contributed by atoms with Crippen LogP contribution in [0.2, 0.25) is 0 Å². The fourth-order valence-electron chi connectivity index (χ4n) is 3.34. The number of nitrogens with zero attached hydrogens (tertiary/aromatic N) is 8. The first-order valence-electron chi connectivity index (χ1n) is 9.61. The molecule has 0 saturated heterocycles. The van der Waals surface area contributed by atoms with Crippen LogP contribution in [0, 0.1) is 11.3 Å². The van der Waals surface area contributed by atoms with Crippen LogP contribution in [0.5, 0.6) is 0 Å². The molecule has 0 radical (unpaired) electrons. The largest absolute Gasteiger partial charge is 0.309 e. The molecule has 0 aliphatic rings. The molecule has 0 spiro atoms. The summed E-state index contributed by atoms with van der Waals surface area (Å²) in [4.78, 5) is 8.90. The van der Waals surface area contributed by atoms with Gasteiger partial charge in [0.25, 0.3) is 0 Å². The van der Waals surface area contributed by atoms with E-state index in [1.54, 1.807) is 23.1 Å². The van der Waals surface area contributed by atoms with Gasteiger partial charge in [-0.15, -0.1) is 10.2 Å². The summed E-state index contributed by atoms with van der Waals surface area (Å²) in [5.74, 6) is 2.09. The highest BCUT2D eigenvalue weighted by Gasteiger charge is 2.10. The van der Waals surface area contributed by atoms with Gasteiger partial charge in [0.2, 0.25) is 5.95 Å². The highest BCUT2D eigenvalue weighted by Crippen LogP contribution is 2.21. The van der Waals surface area contributed by atoms with Crippen LogP contribution in [0.3, 0.4) is 0 Å². The van der Waals surface area contributed by atoms with Gasteiger partial charge in [0, 0.05) is 37.5 Å². The number of hydrogen-bond donors (Lipinski definition) is 1. The Balaban J connectivity index is 1.43. The molecule has 4 aromatic heterocycles. The molecule has 0 amide bonds. The zero-order chi connectivity index (χ0) is 21.2. The van der Waals surface area contributed by atoms with E-state index < -0.39 is 0 Å². The molecule has 0 bridgehead atoms. The molecule has 0 saturated carbocycles. The lowest BCUT2D eigenvalue weighted by Gasteiger charge is -2.07. The Morgan fingerprint density at radius 2 is 2.00 bits per heavy atom. The van der Waals surface area contributed by atoms with Crippen molar-refractivity contribution in [2.45, 2.75) is 6.42 Å². The second-order valence-electron chi connectivity index (χ2n) is 6.98. The molecule has 5 aromatic rings. The molecule has 9 nitrogen and oxygen atoms in total. The molecule has 0 atom stereocenters. The molecule has 5 rings (SSSR count). The molecule has 0 unspecified atom stereocenters. The number of pyridine rings is 1. The van der Waals surface area contributed by atoms with Crippen LogP contribution >= 0.6 is 0 Å². The van der Waals surface area contributed by atoms with Gasteiger partial charge in [0.15, 0.2) is 5.65 Å². The number of hydrogen-bond acceptors (Lipinski definition) is 7. The van der Waals surface area contributed by atoms with Crippen LogP contribution in [0.15, 0.2) is 67.1 Å². The summed E-state index contributed by atoms with van der Waals surface area (Å²) >= 11 is 0. The van der Waals surface area contributed by atoms with Crippen molar-refractivity contribution in [1.29, 1.82) is 5.26 Å². The van der Waals surface area contributed by atoms with Crippen molar-refractivity contribution < 1.29 is 0 Å². The van der Waals surface area contributed by atoms with Gasteiger partial charge in [-0.2, -0.15) is 10.4 Å². The third-order valence-electron chi connectivity index (χ3n) is 4.91. The summed E-state index contributed by atoms with van der Waals surface area (Å²) < 4.78 is 3.66. The van der Waals surface area contributed by atoms with E-state index in [-0.39, 0.29) is 0 Å². The molecule has 0 aliphatic carbocycles. The van der Waals surface area contributed by atoms with E-state index >= 15 is 0 Å². The lowest BCUT2D eigenvalue weighted by Crippen LogP contribution is -2.03. The quantitative estimate of drug-likeness (QED) is 0.477. The number of aryl methyl sites for hydroxylation is 1. The van der Waals surface area contributed by atoms with E-state index in [0.29, 0.717) is 17.9 Å². The van der Waals surface area contributed by atoms with E-state index in [0.717, 1.165) is 34.1 Å². The number of anilines is 2. The molecular weight excluding hydrogens is 390 g/mol. The standard InChI is InChI=1S/C22H17N9/c1-30-19(6-9-25-30)27-22-24-8-5-18(26-22)17-7-10-31-20(28-29-21(31)13-17)12-15-3-2-4-16(11-15)14-23/h2-11,13H,12H2,1H3,(H,24,26,27). The van der Waals surface area contributed by atoms with Crippen molar-refractivity contribution in [3.05, 3.63) is 84.1 Å². The Morgan fingerprint density at radius 1 is 1.06 bits per heavy atom. The average Bonchev–Trinajstić information content (AvgIpc) is 3.39. The highest BCUT2D eigenvalue weighted by atomic mass is 15.3. The van der Waals surface area contributed by atoms with Crippen molar-refractivity contribution in [1.82, 2.24) is 34.3 Å². The van der Waals surface area contributed by atoms with E-state index in [2.05, 4.69) is 36.7 Å². The number of benzene rings is 1. The Kier molecular flexibility index (Phi) is 4.57. The second-order valence-corrected chi connectivity index (χ2v) is 6.98. The van der Waals surface area contributed by atoms with Gasteiger partial charge in [0.05, 0.1) is 23.5 Å². The van der Waals surface area contributed by atoms with E-state index in [1.165, 1.54) is 0 Å². The lowest BCUT2D eigenvalue weighted by molar-refractivity contribution is 0.775. The van der Waals surface area contributed by atoms with E-state index in [9.17, 15) is 0 Å². The van der Waals surface area contributed by atoms with Gasteiger partial charge >= 0.3 is 0 Å². The molecule has 4 heterocycles. The third-order valence-corrected chi connectivity index (χ3v) is 4.91. The number of nitrogens with one attached hydrogen (secondary N) is 1. The van der Waals surface area contributed by atoms with Crippen molar-refractivity contribution in [2.75, 3.05) is 5.32 Å². The first kappa shape index (κ1) is 18.4. The lowest BCUT2D eigenvalue weighted by atomic mass is 10.1. The molecule has 9 heteroatoms. The van der Waals surface area contributed by atoms with Gasteiger partial charge in [-0.1, -0.05) is 12.1 Å². The van der Waals surface area contributed by atoms with Crippen molar-refractivity contribution >= 4 is 17.4 Å². The van der Waals surface area contributed by atoms with Crippen LogP contribution in [0.4, 0.5) is 11.8 Å². The normalized spacial score (nSPS) is 10.8. The predicted octanol–water partition coefficient (Wildman–Crippen LogP) is 3.13. The van der Waals surface area contributed by atoms with E-state index in [4.69, 9.17) is 5.26 Å². The minimum atomic E-state index is 0.487. The Morgan fingerprint density at radius 3 is 2.84 bits per heavy atom. The maximum atomic E-state index is 9.10. The Hall–Kier alpha value is -4.58. The smallest absolute Gasteiger partial charge is 0.228 e. The minimum Gasteiger partial charge on any atom is -0.309 e. The maximum absolute atomic E-state index is 9.10. The SMILES string of the molecule is Cn1nccc1Nc1nccc(-c2ccn3c(Cc4cccc(C#N)c4)nnc3c2)n1. The first-order valence-corrected chi connectivity index (χ1v) is 9.61. The average molecular weight is 407 g/mol. The first-order chi connectivity index (χ1) is 15.2. The summed E-state index contributed by atoms with van der Waals surface area (Å²) in [6.07, 6.45) is 5.94. The molecular formula is C22H17N9. The second kappa shape index (κ2) is 7.68. The Labute approximate surface area is 177 Å². The molecule has 150 valence electrons. The van der Waals surface area contributed by atoms with Gasteiger partial charge in [0.1, 0.15) is 11.6 Å². The fraction of sp³-hybridized carbons (Fsp3) is 0.0909. The topological polar surface area (TPSA) is 110 Å². The van der Waals surface area contributed by atoms with E-state index in [1.807, 2.05) is 60.1 Å². The summed E-state index contributed by atoms with van der Waals surface area (Å²) in [6, 6.07) is 17.3. The highest BCUT2D eigenvalue weighted by molar-refractivity contribution is 5.65. The van der Waals surface area contributed by atoms with Gasteiger partial charge in [-0.3, -0.25) is 9.08 Å². The zero-order valence-corrected chi connectivity index (χ0v) is 16.6. The summed E-state index contributed by atoms with van der Waals surface area (Å²) in [5, 5.41) is 25.0. The molecule has 1 N–H and O–H groups in total. The third kappa shape index (κ3) is 3.70. The molecule has 0 fully saturated rings. The van der Waals surface area contributed by atoms with Crippen LogP contribution in [-0.2, 0) is 13.5 Å². The molecule has 31 heavy (non-hydrogen) atoms. The monoisotopic (exact) mass is 407 g/mol. The fourth-order valence-corrected chi connectivity index (χ4v) is 3.34. The number of nitriles is 1. The Bertz CT molecular complexity index is 1420. The molecule has 0 aliphatic heterocycles. The van der Waals surface area contributed by atoms with Crippen LogP contribution in [-0.4, -0.2) is 34.3 Å². The van der Waals surface area contributed by atoms with Crippen LogP contribution in [0.25, 0.3) is 16.9 Å². The molecule has 1 aromatic carbocycles. The van der Waals surface area contributed by atoms with Crippen LogP contribution < -0.4 is 5.32 Å². The zero-order valence-electron chi connectivity index (χ0n) is 16.6. The van der Waals surface area contributed by atoms with Crippen molar-refractivity contribution in [3.63, 3.8) is 0 Å². The summed E-state index contributed by atoms with van der Waals surface area (Å²) in [5.41, 5.74) is 4.05. The number of aromatic nitrogens is 7. The van der Waals surface area contributed by atoms with Crippen molar-refractivity contribution in [2.24, 2.45) is 7.05 Å². The number of fused-ring (bicyclic) bond motifs is 1. The summed E-state index contributed by atoms with van der Waals surface area (Å²) in [6.45, 7) is 0. The maximum Gasteiger partial charge on any atom is 0.228 e. The van der Waals surface area contributed by atoms with Gasteiger partial charge in [-0.05, 0) is 35.9 Å². The number of rotatable bonds is 5. The van der Waals surface area contributed by atoms with Crippen LogP contribution in [0.1, 0.15) is 17.0 Å². The predicted molar refractivity (Wildman–Crippen MR) is 114 cm³/mol.